The summed E-state index contributed by atoms with van der Waals surface area (Å²) >= 11 is 7.05. The fourth-order valence-corrected chi connectivity index (χ4v) is 2.73. The number of ketones is 1. The zero-order valence-electron chi connectivity index (χ0n) is 9.31. The predicted octanol–water partition coefficient (Wildman–Crippen LogP) is 3.36. The first kappa shape index (κ1) is 12.7. The number of carboxylic acid groups (broad SMARTS) is 1. The van der Waals surface area contributed by atoms with Gasteiger partial charge in [0.25, 0.3) is 0 Å². The first-order chi connectivity index (χ1) is 8.50. The van der Waals surface area contributed by atoms with Crippen LogP contribution in [0.1, 0.15) is 27.1 Å². The summed E-state index contributed by atoms with van der Waals surface area (Å²) < 4.78 is 0. The third-order valence-electron chi connectivity index (χ3n) is 2.25. The second-order valence-electron chi connectivity index (χ2n) is 3.54. The van der Waals surface area contributed by atoms with Gasteiger partial charge < -0.3 is 5.11 Å². The van der Waals surface area contributed by atoms with Gasteiger partial charge in [0.2, 0.25) is 0 Å². The SMILES string of the molecule is CC(=O)c1sc(-c2ccccc2Cl)nc1C(=O)O. The highest BCUT2D eigenvalue weighted by Crippen LogP contribution is 2.33. The van der Waals surface area contributed by atoms with Gasteiger partial charge >= 0.3 is 5.97 Å². The van der Waals surface area contributed by atoms with Crippen LogP contribution in [0.5, 0.6) is 0 Å². The Hall–Kier alpha value is -1.72. The van der Waals surface area contributed by atoms with Crippen molar-refractivity contribution >= 4 is 34.7 Å². The molecular formula is C12H8ClNO3S. The molecule has 0 radical (unpaired) electrons. The van der Waals surface area contributed by atoms with E-state index in [0.717, 1.165) is 11.3 Å². The van der Waals surface area contributed by atoms with Gasteiger partial charge in [-0.05, 0) is 6.07 Å². The quantitative estimate of drug-likeness (QED) is 0.876. The topological polar surface area (TPSA) is 67.3 Å². The van der Waals surface area contributed by atoms with Crippen LogP contribution in [0.15, 0.2) is 24.3 Å². The Morgan fingerprint density at radius 1 is 1.33 bits per heavy atom. The van der Waals surface area contributed by atoms with Crippen molar-refractivity contribution in [3.63, 3.8) is 0 Å². The van der Waals surface area contributed by atoms with Crippen LogP contribution in [0, 0.1) is 0 Å². The number of carbonyl (C=O) groups is 2. The van der Waals surface area contributed by atoms with Crippen LogP contribution in [0.3, 0.4) is 0 Å². The van der Waals surface area contributed by atoms with Crippen LogP contribution >= 0.6 is 22.9 Å². The molecule has 0 aliphatic rings. The van der Waals surface area contributed by atoms with Crippen LogP contribution in [0.4, 0.5) is 0 Å². The van der Waals surface area contributed by atoms with Crippen molar-refractivity contribution in [2.45, 2.75) is 6.92 Å². The first-order valence-corrected chi connectivity index (χ1v) is 6.20. The molecule has 0 atom stereocenters. The van der Waals surface area contributed by atoms with Gasteiger partial charge in [0.15, 0.2) is 11.5 Å². The number of aromatic carboxylic acids is 1. The van der Waals surface area contributed by atoms with Gasteiger partial charge in [-0.2, -0.15) is 0 Å². The third-order valence-corrected chi connectivity index (χ3v) is 3.77. The molecule has 0 saturated carbocycles. The van der Waals surface area contributed by atoms with Crippen LogP contribution in [0.2, 0.25) is 5.02 Å². The highest BCUT2D eigenvalue weighted by Gasteiger charge is 2.21. The Kier molecular flexibility index (Phi) is 3.45. The smallest absolute Gasteiger partial charge is 0.356 e. The van der Waals surface area contributed by atoms with Gasteiger partial charge in [-0.3, -0.25) is 4.79 Å². The van der Waals surface area contributed by atoms with Gasteiger partial charge in [0.05, 0.1) is 5.02 Å². The normalized spacial score (nSPS) is 10.3. The fourth-order valence-electron chi connectivity index (χ4n) is 1.45. The number of aromatic nitrogens is 1. The van der Waals surface area contributed by atoms with Gasteiger partial charge in [-0.1, -0.05) is 29.8 Å². The summed E-state index contributed by atoms with van der Waals surface area (Å²) in [5, 5.41) is 9.91. The molecule has 0 bridgehead atoms. The maximum atomic E-state index is 11.4. The highest BCUT2D eigenvalue weighted by atomic mass is 35.5. The summed E-state index contributed by atoms with van der Waals surface area (Å²) in [6, 6.07) is 6.96. The Balaban J connectivity index is 2.61. The number of Topliss-reactive ketones (excluding diaryl/α,β-unsaturated/α-hetero) is 1. The zero-order chi connectivity index (χ0) is 13.3. The lowest BCUT2D eigenvalue weighted by Crippen LogP contribution is -2.03. The Bertz CT molecular complexity index is 605. The molecule has 0 fully saturated rings. The van der Waals surface area contributed by atoms with Crippen LogP contribution in [-0.4, -0.2) is 21.8 Å². The third kappa shape index (κ3) is 2.27. The Labute approximate surface area is 112 Å². The minimum absolute atomic E-state index is 0.136. The molecule has 2 rings (SSSR count). The maximum absolute atomic E-state index is 11.4. The van der Waals surface area contributed by atoms with Gasteiger partial charge in [-0.25, -0.2) is 9.78 Å². The van der Waals surface area contributed by atoms with Crippen molar-refractivity contribution < 1.29 is 14.7 Å². The van der Waals surface area contributed by atoms with E-state index in [0.29, 0.717) is 15.6 Å². The number of nitrogens with zero attached hydrogens (tertiary/aromatic N) is 1. The molecule has 0 aliphatic heterocycles. The number of hydrogen-bond acceptors (Lipinski definition) is 4. The molecule has 1 aromatic carbocycles. The molecule has 18 heavy (non-hydrogen) atoms. The van der Waals surface area contributed by atoms with E-state index in [2.05, 4.69) is 4.98 Å². The summed E-state index contributed by atoms with van der Waals surface area (Å²) in [4.78, 5) is 26.5. The van der Waals surface area contributed by atoms with Crippen molar-refractivity contribution in [2.75, 3.05) is 0 Å². The number of thiazole rings is 1. The van der Waals surface area contributed by atoms with Crippen molar-refractivity contribution in [3.05, 3.63) is 39.9 Å². The molecular weight excluding hydrogens is 274 g/mol. The van der Waals surface area contributed by atoms with Gasteiger partial charge in [-0.15, -0.1) is 11.3 Å². The largest absolute Gasteiger partial charge is 0.476 e. The van der Waals surface area contributed by atoms with E-state index >= 15 is 0 Å². The molecule has 0 unspecified atom stereocenters. The lowest BCUT2D eigenvalue weighted by atomic mass is 10.2. The molecule has 0 aliphatic carbocycles. The van der Waals surface area contributed by atoms with E-state index < -0.39 is 5.97 Å². The summed E-state index contributed by atoms with van der Waals surface area (Å²) in [6.45, 7) is 1.32. The number of rotatable bonds is 3. The van der Waals surface area contributed by atoms with E-state index in [-0.39, 0.29) is 16.4 Å². The molecule has 1 heterocycles. The average molecular weight is 282 g/mol. The minimum Gasteiger partial charge on any atom is -0.476 e. The van der Waals surface area contributed by atoms with E-state index in [4.69, 9.17) is 16.7 Å². The van der Waals surface area contributed by atoms with Crippen molar-refractivity contribution in [2.24, 2.45) is 0 Å². The minimum atomic E-state index is -1.21. The Morgan fingerprint density at radius 3 is 2.50 bits per heavy atom. The second-order valence-corrected chi connectivity index (χ2v) is 4.94. The van der Waals surface area contributed by atoms with E-state index in [9.17, 15) is 9.59 Å². The predicted molar refractivity (Wildman–Crippen MR) is 69.5 cm³/mol. The van der Waals surface area contributed by atoms with Crippen molar-refractivity contribution in [3.8, 4) is 10.6 Å². The molecule has 0 saturated heterocycles. The van der Waals surface area contributed by atoms with E-state index in [1.54, 1.807) is 24.3 Å². The van der Waals surface area contributed by atoms with E-state index in [1.165, 1.54) is 6.92 Å². The lowest BCUT2D eigenvalue weighted by molar-refractivity contribution is 0.0687. The molecule has 0 spiro atoms. The standard InChI is InChI=1S/C12H8ClNO3S/c1-6(15)10-9(12(16)17)14-11(18-10)7-4-2-3-5-8(7)13/h2-5H,1H3,(H,16,17). The van der Waals surface area contributed by atoms with Crippen molar-refractivity contribution in [1.82, 2.24) is 4.98 Å². The molecule has 92 valence electrons. The van der Waals surface area contributed by atoms with E-state index in [1.807, 2.05) is 0 Å². The summed E-state index contributed by atoms with van der Waals surface area (Å²) in [7, 11) is 0. The summed E-state index contributed by atoms with van der Waals surface area (Å²) in [5.74, 6) is -1.53. The molecule has 1 aromatic heterocycles. The summed E-state index contributed by atoms with van der Waals surface area (Å²) in [6.07, 6.45) is 0. The van der Waals surface area contributed by atoms with Crippen LogP contribution in [0.25, 0.3) is 10.6 Å². The molecule has 4 nitrogen and oxygen atoms in total. The van der Waals surface area contributed by atoms with Crippen molar-refractivity contribution in [1.29, 1.82) is 0 Å². The summed E-state index contributed by atoms with van der Waals surface area (Å²) in [5.41, 5.74) is 0.404. The number of carbonyl (C=O) groups excluding carboxylic acids is 1. The molecule has 0 amide bonds. The van der Waals surface area contributed by atoms with Crippen LogP contribution < -0.4 is 0 Å². The molecule has 2 aromatic rings. The fraction of sp³-hybridized carbons (Fsp3) is 0.0833. The monoisotopic (exact) mass is 281 g/mol. The number of carboxylic acids is 1. The van der Waals surface area contributed by atoms with Crippen LogP contribution in [-0.2, 0) is 0 Å². The zero-order valence-corrected chi connectivity index (χ0v) is 10.9. The second kappa shape index (κ2) is 4.88. The number of benzene rings is 1. The number of hydrogen-bond donors (Lipinski definition) is 1. The molecule has 6 heteroatoms. The van der Waals surface area contributed by atoms with Gasteiger partial charge in [0.1, 0.15) is 9.88 Å². The van der Waals surface area contributed by atoms with Gasteiger partial charge in [0, 0.05) is 12.5 Å². The lowest BCUT2D eigenvalue weighted by Gasteiger charge is -1.97. The first-order valence-electron chi connectivity index (χ1n) is 5.00. The average Bonchev–Trinajstić information content (AvgIpc) is 2.74. The highest BCUT2D eigenvalue weighted by molar-refractivity contribution is 7.17. The molecule has 1 N–H and O–H groups in total. The Morgan fingerprint density at radius 2 is 2.00 bits per heavy atom. The maximum Gasteiger partial charge on any atom is 0.356 e. The number of halogens is 1.